The van der Waals surface area contributed by atoms with E-state index < -0.39 is 0 Å². The fraction of sp³-hybridized carbons (Fsp3) is 0.375. The van der Waals surface area contributed by atoms with Gasteiger partial charge in [-0.3, -0.25) is 9.59 Å². The van der Waals surface area contributed by atoms with E-state index >= 15 is 0 Å². The third-order valence-corrected chi connectivity index (χ3v) is 6.25. The topological polar surface area (TPSA) is 80.8 Å². The lowest BCUT2D eigenvalue weighted by Gasteiger charge is -2.26. The van der Waals surface area contributed by atoms with Crippen molar-refractivity contribution in [1.82, 2.24) is 9.88 Å². The van der Waals surface area contributed by atoms with Gasteiger partial charge >= 0.3 is 0 Å². The second-order valence-corrected chi connectivity index (χ2v) is 8.93. The molecule has 1 aliphatic rings. The molecule has 0 bridgehead atoms. The van der Waals surface area contributed by atoms with Gasteiger partial charge in [-0.2, -0.15) is 0 Å². The third-order valence-electron chi connectivity index (χ3n) is 5.32. The van der Waals surface area contributed by atoms with Crippen LogP contribution in [0, 0.1) is 6.92 Å². The van der Waals surface area contributed by atoms with Gasteiger partial charge in [-0.1, -0.05) is 0 Å². The minimum absolute atomic E-state index is 0.0253. The SMILES string of the molecule is CCOc1cc(C(=O)Nc2ccc3nc(C)sc3c2)ccc1OCC(=O)N1CCCCC1. The first-order chi connectivity index (χ1) is 15.5. The van der Waals surface area contributed by atoms with Crippen LogP contribution in [0.5, 0.6) is 11.5 Å². The minimum atomic E-state index is -0.248. The number of aryl methyl sites for hydroxylation is 1. The Hall–Kier alpha value is -3.13. The Kier molecular flexibility index (Phi) is 6.90. The molecule has 8 heteroatoms. The van der Waals surface area contributed by atoms with E-state index in [2.05, 4.69) is 10.3 Å². The molecule has 0 spiro atoms. The number of thiazole rings is 1. The summed E-state index contributed by atoms with van der Waals surface area (Å²) >= 11 is 1.59. The molecule has 3 aromatic rings. The Balaban J connectivity index is 1.44. The molecule has 0 atom stereocenters. The quantitative estimate of drug-likeness (QED) is 0.563. The van der Waals surface area contributed by atoms with Gasteiger partial charge in [0.1, 0.15) is 0 Å². The zero-order valence-electron chi connectivity index (χ0n) is 18.3. The number of piperidine rings is 1. The maximum absolute atomic E-state index is 12.8. The number of nitrogens with one attached hydrogen (secondary N) is 1. The van der Waals surface area contributed by atoms with Crippen LogP contribution in [0.4, 0.5) is 5.69 Å². The van der Waals surface area contributed by atoms with Gasteiger partial charge in [0.05, 0.1) is 21.8 Å². The molecule has 168 valence electrons. The molecule has 2 amide bonds. The number of benzene rings is 2. The lowest BCUT2D eigenvalue weighted by atomic mass is 10.1. The summed E-state index contributed by atoms with van der Waals surface area (Å²) in [6.07, 6.45) is 3.24. The zero-order valence-corrected chi connectivity index (χ0v) is 19.2. The van der Waals surface area contributed by atoms with Crippen LogP contribution in [0.15, 0.2) is 36.4 Å². The van der Waals surface area contributed by atoms with E-state index in [1.54, 1.807) is 29.5 Å². The maximum atomic E-state index is 12.8. The van der Waals surface area contributed by atoms with Gasteiger partial charge in [0.15, 0.2) is 18.1 Å². The summed E-state index contributed by atoms with van der Waals surface area (Å²) < 4.78 is 12.5. The molecule has 0 saturated carbocycles. The Morgan fingerprint density at radius 3 is 2.66 bits per heavy atom. The predicted molar refractivity (Wildman–Crippen MR) is 126 cm³/mol. The average Bonchev–Trinajstić information content (AvgIpc) is 3.18. The molecule has 32 heavy (non-hydrogen) atoms. The molecule has 2 heterocycles. The van der Waals surface area contributed by atoms with Crippen molar-refractivity contribution in [3.63, 3.8) is 0 Å². The van der Waals surface area contributed by atoms with Crippen molar-refractivity contribution in [1.29, 1.82) is 0 Å². The highest BCUT2D eigenvalue weighted by molar-refractivity contribution is 7.18. The highest BCUT2D eigenvalue weighted by Crippen LogP contribution is 2.30. The Morgan fingerprint density at radius 2 is 1.88 bits per heavy atom. The van der Waals surface area contributed by atoms with E-state index in [1.807, 2.05) is 36.9 Å². The van der Waals surface area contributed by atoms with Crippen LogP contribution in [0.25, 0.3) is 10.2 Å². The Morgan fingerprint density at radius 1 is 1.06 bits per heavy atom. The van der Waals surface area contributed by atoms with Crippen LogP contribution in [0.3, 0.4) is 0 Å². The van der Waals surface area contributed by atoms with Crippen molar-refractivity contribution in [3.8, 4) is 11.5 Å². The van der Waals surface area contributed by atoms with E-state index in [0.29, 0.717) is 29.4 Å². The number of carbonyl (C=O) groups is 2. The fourth-order valence-corrected chi connectivity index (χ4v) is 4.60. The summed E-state index contributed by atoms with van der Waals surface area (Å²) in [5, 5.41) is 3.91. The van der Waals surface area contributed by atoms with Crippen LogP contribution in [-0.4, -0.2) is 48.0 Å². The second kappa shape index (κ2) is 9.99. The van der Waals surface area contributed by atoms with Gasteiger partial charge in [0, 0.05) is 24.3 Å². The van der Waals surface area contributed by atoms with Crippen molar-refractivity contribution in [2.24, 2.45) is 0 Å². The van der Waals surface area contributed by atoms with Gasteiger partial charge < -0.3 is 19.7 Å². The summed E-state index contributed by atoms with van der Waals surface area (Å²) in [6.45, 7) is 5.77. The van der Waals surface area contributed by atoms with E-state index in [9.17, 15) is 9.59 Å². The number of amides is 2. The molecule has 0 aliphatic carbocycles. The van der Waals surface area contributed by atoms with E-state index in [4.69, 9.17) is 9.47 Å². The number of hydrogen-bond donors (Lipinski definition) is 1. The molecule has 1 aromatic heterocycles. The molecular weight excluding hydrogens is 426 g/mol. The smallest absolute Gasteiger partial charge is 0.260 e. The van der Waals surface area contributed by atoms with Gasteiger partial charge in [-0.05, 0) is 69.5 Å². The number of nitrogens with zero attached hydrogens (tertiary/aromatic N) is 2. The number of aromatic nitrogens is 1. The summed E-state index contributed by atoms with van der Waals surface area (Å²) in [5.74, 6) is 0.626. The lowest BCUT2D eigenvalue weighted by Crippen LogP contribution is -2.38. The highest BCUT2D eigenvalue weighted by atomic mass is 32.1. The molecule has 7 nitrogen and oxygen atoms in total. The summed E-state index contributed by atoms with van der Waals surface area (Å²) in [5.41, 5.74) is 2.07. The van der Waals surface area contributed by atoms with Crippen LogP contribution >= 0.6 is 11.3 Å². The van der Waals surface area contributed by atoms with Crippen LogP contribution in [0.1, 0.15) is 41.6 Å². The molecule has 4 rings (SSSR count). The second-order valence-electron chi connectivity index (χ2n) is 7.69. The summed E-state index contributed by atoms with van der Waals surface area (Å²) in [6, 6.07) is 10.7. The molecule has 1 aliphatic heterocycles. The van der Waals surface area contributed by atoms with Gasteiger partial charge in [0.25, 0.3) is 11.8 Å². The summed E-state index contributed by atoms with van der Waals surface area (Å²) in [4.78, 5) is 31.5. The first kappa shape index (κ1) is 22.1. The van der Waals surface area contributed by atoms with Crippen molar-refractivity contribution in [2.45, 2.75) is 33.1 Å². The molecule has 0 radical (unpaired) electrons. The van der Waals surface area contributed by atoms with Gasteiger partial charge in [-0.15, -0.1) is 11.3 Å². The molecule has 1 saturated heterocycles. The van der Waals surface area contributed by atoms with Gasteiger partial charge in [0.2, 0.25) is 0 Å². The van der Waals surface area contributed by atoms with Crippen LogP contribution in [-0.2, 0) is 4.79 Å². The number of likely N-dealkylation sites (tertiary alicyclic amines) is 1. The molecule has 0 unspecified atom stereocenters. The summed E-state index contributed by atoms with van der Waals surface area (Å²) in [7, 11) is 0. The number of hydrogen-bond acceptors (Lipinski definition) is 6. The number of fused-ring (bicyclic) bond motifs is 1. The Labute approximate surface area is 191 Å². The number of anilines is 1. The van der Waals surface area contributed by atoms with Crippen molar-refractivity contribution >= 4 is 39.1 Å². The van der Waals surface area contributed by atoms with E-state index in [0.717, 1.165) is 41.2 Å². The fourth-order valence-electron chi connectivity index (χ4n) is 3.73. The van der Waals surface area contributed by atoms with E-state index in [1.165, 1.54) is 6.42 Å². The number of ether oxygens (including phenoxy) is 2. The molecule has 2 aromatic carbocycles. The van der Waals surface area contributed by atoms with Crippen molar-refractivity contribution in [3.05, 3.63) is 47.0 Å². The number of rotatable bonds is 7. The molecule has 1 N–H and O–H groups in total. The largest absolute Gasteiger partial charge is 0.490 e. The lowest BCUT2D eigenvalue weighted by molar-refractivity contribution is -0.134. The van der Waals surface area contributed by atoms with Gasteiger partial charge in [-0.25, -0.2) is 4.98 Å². The molecule has 1 fully saturated rings. The maximum Gasteiger partial charge on any atom is 0.260 e. The predicted octanol–water partition coefficient (Wildman–Crippen LogP) is 4.65. The first-order valence-corrected chi connectivity index (χ1v) is 11.7. The molecular formula is C24H27N3O4S. The van der Waals surface area contributed by atoms with Crippen molar-refractivity contribution < 1.29 is 19.1 Å². The van der Waals surface area contributed by atoms with Crippen LogP contribution in [0.2, 0.25) is 0 Å². The monoisotopic (exact) mass is 453 g/mol. The zero-order chi connectivity index (χ0) is 22.5. The first-order valence-electron chi connectivity index (χ1n) is 10.9. The Bertz CT molecular complexity index is 1120. The van der Waals surface area contributed by atoms with Crippen molar-refractivity contribution in [2.75, 3.05) is 31.6 Å². The van der Waals surface area contributed by atoms with Crippen LogP contribution < -0.4 is 14.8 Å². The normalized spacial score (nSPS) is 13.8. The third kappa shape index (κ3) is 5.19. The highest BCUT2D eigenvalue weighted by Gasteiger charge is 2.18. The number of carbonyl (C=O) groups excluding carboxylic acids is 2. The van der Waals surface area contributed by atoms with E-state index in [-0.39, 0.29) is 18.4 Å². The average molecular weight is 454 g/mol. The minimum Gasteiger partial charge on any atom is -0.490 e. The standard InChI is InChI=1S/C24H27N3O4S/c1-3-30-21-13-17(7-10-20(21)31-15-23(28)27-11-5-4-6-12-27)24(29)26-18-8-9-19-22(14-18)32-16(2)25-19/h7-10,13-14H,3-6,11-12,15H2,1-2H3,(H,26,29).